The van der Waals surface area contributed by atoms with E-state index in [0.29, 0.717) is 14.3 Å². The highest BCUT2D eigenvalue weighted by Gasteiger charge is 2.21. The Labute approximate surface area is 138 Å². The van der Waals surface area contributed by atoms with Crippen molar-refractivity contribution in [2.45, 2.75) is 18.9 Å². The van der Waals surface area contributed by atoms with Crippen LogP contribution in [0.15, 0.2) is 18.2 Å². The van der Waals surface area contributed by atoms with Crippen LogP contribution >= 0.6 is 34.2 Å². The molecular weight excluding hydrogens is 414 g/mol. The average molecular weight is 427 g/mol. The van der Waals surface area contributed by atoms with Gasteiger partial charge in [0, 0.05) is 15.0 Å². The van der Waals surface area contributed by atoms with E-state index < -0.39 is 24.0 Å². The minimum absolute atomic E-state index is 0.199. The fourth-order valence-electron chi connectivity index (χ4n) is 1.43. The number of rotatable bonds is 6. The second-order valence-electron chi connectivity index (χ2n) is 4.05. The van der Waals surface area contributed by atoms with Crippen molar-refractivity contribution in [1.82, 2.24) is 5.32 Å². The number of aliphatic carboxylic acids is 2. The summed E-state index contributed by atoms with van der Waals surface area (Å²) >= 11 is 7.75. The third-order valence-corrected chi connectivity index (χ3v) is 3.56. The average Bonchev–Trinajstić information content (AvgIpc) is 2.37. The van der Waals surface area contributed by atoms with E-state index in [-0.39, 0.29) is 12.8 Å². The number of halogens is 2. The molecule has 0 radical (unpaired) electrons. The Balaban J connectivity index is 2.65. The first-order chi connectivity index (χ1) is 9.79. The number of urea groups is 1. The molecule has 1 aromatic carbocycles. The number of hydrogen-bond acceptors (Lipinski definition) is 3. The third kappa shape index (κ3) is 6.17. The van der Waals surface area contributed by atoms with E-state index in [1.54, 1.807) is 18.2 Å². The molecule has 0 aliphatic carbocycles. The molecule has 0 bridgehead atoms. The summed E-state index contributed by atoms with van der Waals surface area (Å²) < 4.78 is 0.688. The van der Waals surface area contributed by atoms with E-state index in [4.69, 9.17) is 21.8 Å². The molecule has 1 rings (SSSR count). The summed E-state index contributed by atoms with van der Waals surface area (Å²) in [6.07, 6.45) is -0.550. The molecule has 21 heavy (non-hydrogen) atoms. The molecule has 1 atom stereocenters. The summed E-state index contributed by atoms with van der Waals surface area (Å²) in [4.78, 5) is 33.1. The fourth-order valence-corrected chi connectivity index (χ4v) is 2.44. The predicted octanol–water partition coefficient (Wildman–Crippen LogP) is 2.38. The van der Waals surface area contributed by atoms with Gasteiger partial charge in [0.2, 0.25) is 0 Å². The molecule has 0 aliphatic rings. The fraction of sp³-hybridized carbons (Fsp3) is 0.250. The molecule has 0 aromatic heterocycles. The zero-order chi connectivity index (χ0) is 16.0. The Bertz CT molecular complexity index is 567. The minimum atomic E-state index is -1.29. The molecular formula is C12H12ClIN2O5. The van der Waals surface area contributed by atoms with E-state index in [1.807, 2.05) is 22.6 Å². The van der Waals surface area contributed by atoms with Gasteiger partial charge < -0.3 is 20.8 Å². The van der Waals surface area contributed by atoms with Crippen molar-refractivity contribution in [3.63, 3.8) is 0 Å². The van der Waals surface area contributed by atoms with Gasteiger partial charge in [-0.15, -0.1) is 0 Å². The molecule has 9 heteroatoms. The summed E-state index contributed by atoms with van der Waals surface area (Å²) in [5, 5.41) is 22.7. The van der Waals surface area contributed by atoms with Gasteiger partial charge in [-0.25, -0.2) is 9.59 Å². The molecule has 0 fully saturated rings. The number of benzene rings is 1. The van der Waals surface area contributed by atoms with Crippen LogP contribution in [0.2, 0.25) is 5.02 Å². The first-order valence-corrected chi connectivity index (χ1v) is 7.22. The van der Waals surface area contributed by atoms with Crippen molar-refractivity contribution in [1.29, 1.82) is 0 Å². The number of carbonyl (C=O) groups is 3. The standard InChI is InChI=1S/C12H12ClIN2O5/c13-6-1-2-8(7(14)5-6)15-12(21)16-9(11(19)20)3-4-10(17)18/h1-2,5,9H,3-4H2,(H,17,18)(H,19,20)(H2,15,16,21)/t9-/m0/s1. The van der Waals surface area contributed by atoms with Crippen LogP contribution in [0, 0.1) is 3.57 Å². The lowest BCUT2D eigenvalue weighted by atomic mass is 10.1. The zero-order valence-electron chi connectivity index (χ0n) is 10.6. The Morgan fingerprint density at radius 2 is 1.95 bits per heavy atom. The second kappa shape index (κ2) is 8.03. The number of carboxylic acid groups (broad SMARTS) is 2. The van der Waals surface area contributed by atoms with Gasteiger partial charge in [0.1, 0.15) is 6.04 Å². The van der Waals surface area contributed by atoms with E-state index in [9.17, 15) is 14.4 Å². The first kappa shape index (κ1) is 17.5. The van der Waals surface area contributed by atoms with E-state index in [2.05, 4.69) is 10.6 Å². The van der Waals surface area contributed by atoms with Crippen LogP contribution < -0.4 is 10.6 Å². The van der Waals surface area contributed by atoms with Crippen molar-refractivity contribution in [3.05, 3.63) is 26.8 Å². The third-order valence-electron chi connectivity index (χ3n) is 2.43. The van der Waals surface area contributed by atoms with Crippen molar-refractivity contribution in [3.8, 4) is 0 Å². The highest BCUT2D eigenvalue weighted by Crippen LogP contribution is 2.22. The lowest BCUT2D eigenvalue weighted by Crippen LogP contribution is -2.43. The van der Waals surface area contributed by atoms with Crippen LogP contribution in [0.25, 0.3) is 0 Å². The lowest BCUT2D eigenvalue weighted by Gasteiger charge is -2.15. The SMILES string of the molecule is O=C(O)CC[C@H](NC(=O)Nc1ccc(Cl)cc1I)C(=O)O. The van der Waals surface area contributed by atoms with Gasteiger partial charge in [0.25, 0.3) is 0 Å². The number of nitrogens with one attached hydrogen (secondary N) is 2. The van der Waals surface area contributed by atoms with Gasteiger partial charge in [0.05, 0.1) is 5.69 Å². The molecule has 0 heterocycles. The van der Waals surface area contributed by atoms with Gasteiger partial charge in [0.15, 0.2) is 0 Å². The first-order valence-electron chi connectivity index (χ1n) is 5.76. The summed E-state index contributed by atoms with van der Waals surface area (Å²) in [6.45, 7) is 0. The minimum Gasteiger partial charge on any atom is -0.481 e. The number of carboxylic acids is 2. The summed E-state index contributed by atoms with van der Waals surface area (Å²) in [7, 11) is 0. The van der Waals surface area contributed by atoms with Crippen LogP contribution in [0.4, 0.5) is 10.5 Å². The summed E-state index contributed by atoms with van der Waals surface area (Å²) in [6, 6.07) is 2.80. The van der Waals surface area contributed by atoms with Crippen molar-refractivity contribution in [2.24, 2.45) is 0 Å². The van der Waals surface area contributed by atoms with Crippen molar-refractivity contribution in [2.75, 3.05) is 5.32 Å². The molecule has 0 aliphatic heterocycles. The van der Waals surface area contributed by atoms with E-state index in [1.165, 1.54) is 0 Å². The quantitative estimate of drug-likeness (QED) is 0.521. The van der Waals surface area contributed by atoms with Gasteiger partial charge >= 0.3 is 18.0 Å². The zero-order valence-corrected chi connectivity index (χ0v) is 13.5. The molecule has 1 aromatic rings. The Hall–Kier alpha value is -1.55. The normalized spacial score (nSPS) is 11.5. The number of amides is 2. The second-order valence-corrected chi connectivity index (χ2v) is 5.64. The van der Waals surface area contributed by atoms with Crippen LogP contribution in [-0.4, -0.2) is 34.2 Å². The smallest absolute Gasteiger partial charge is 0.326 e. The van der Waals surface area contributed by atoms with Gasteiger partial charge in [-0.1, -0.05) is 11.6 Å². The predicted molar refractivity (Wildman–Crippen MR) is 84.6 cm³/mol. The molecule has 2 amide bonds. The van der Waals surface area contributed by atoms with Gasteiger partial charge in [-0.2, -0.15) is 0 Å². The Kier molecular flexibility index (Phi) is 6.69. The maximum atomic E-state index is 11.7. The van der Waals surface area contributed by atoms with Crippen LogP contribution in [-0.2, 0) is 9.59 Å². The number of hydrogen-bond donors (Lipinski definition) is 4. The topological polar surface area (TPSA) is 116 Å². The van der Waals surface area contributed by atoms with Crippen molar-refractivity contribution >= 4 is 57.8 Å². The monoisotopic (exact) mass is 426 g/mol. The largest absolute Gasteiger partial charge is 0.481 e. The maximum Gasteiger partial charge on any atom is 0.326 e. The van der Waals surface area contributed by atoms with Crippen LogP contribution in [0.1, 0.15) is 12.8 Å². The van der Waals surface area contributed by atoms with E-state index >= 15 is 0 Å². The molecule has 0 saturated carbocycles. The Morgan fingerprint density at radius 3 is 2.48 bits per heavy atom. The molecule has 114 valence electrons. The number of carbonyl (C=O) groups excluding carboxylic acids is 1. The highest BCUT2D eigenvalue weighted by atomic mass is 127. The summed E-state index contributed by atoms with van der Waals surface area (Å²) in [5.41, 5.74) is 0.472. The summed E-state index contributed by atoms with van der Waals surface area (Å²) in [5.74, 6) is -2.42. The highest BCUT2D eigenvalue weighted by molar-refractivity contribution is 14.1. The van der Waals surface area contributed by atoms with Crippen LogP contribution in [0.3, 0.4) is 0 Å². The Morgan fingerprint density at radius 1 is 1.29 bits per heavy atom. The van der Waals surface area contributed by atoms with Crippen molar-refractivity contribution < 1.29 is 24.6 Å². The lowest BCUT2D eigenvalue weighted by molar-refractivity contribution is -0.140. The molecule has 0 unspecified atom stereocenters. The molecule has 0 spiro atoms. The maximum absolute atomic E-state index is 11.7. The van der Waals surface area contributed by atoms with Gasteiger partial charge in [-0.3, -0.25) is 4.79 Å². The molecule has 0 saturated heterocycles. The molecule has 7 nitrogen and oxygen atoms in total. The van der Waals surface area contributed by atoms with Gasteiger partial charge in [-0.05, 0) is 47.2 Å². The number of anilines is 1. The van der Waals surface area contributed by atoms with Crippen LogP contribution in [0.5, 0.6) is 0 Å². The molecule has 4 N–H and O–H groups in total. The van der Waals surface area contributed by atoms with E-state index in [0.717, 1.165) is 0 Å².